The molecule has 2 heterocycles. The van der Waals surface area contributed by atoms with Gasteiger partial charge in [0.1, 0.15) is 11.9 Å². The number of nitrogens with one attached hydrogen (secondary N) is 1. The monoisotopic (exact) mass is 475 g/mol. The third-order valence-electron chi connectivity index (χ3n) is 4.05. The van der Waals surface area contributed by atoms with Gasteiger partial charge < -0.3 is 34.7 Å². The van der Waals surface area contributed by atoms with Crippen LogP contribution in [-0.2, 0) is 14.3 Å². The van der Waals surface area contributed by atoms with Gasteiger partial charge in [0, 0.05) is 20.0 Å². The maximum atomic E-state index is 14.4. The van der Waals surface area contributed by atoms with Crippen molar-refractivity contribution in [1.82, 2.24) is 5.32 Å². The molecule has 3 rings (SSSR count). The predicted molar refractivity (Wildman–Crippen MR) is 91.1 cm³/mol. The first-order chi connectivity index (χ1) is 13.3. The molecular formula is C17H20FK2N3O7. The van der Waals surface area contributed by atoms with Gasteiger partial charge in [-0.3, -0.25) is 9.69 Å². The second-order valence-corrected chi connectivity index (χ2v) is 6.04. The van der Waals surface area contributed by atoms with Crippen molar-refractivity contribution >= 4 is 29.5 Å². The zero-order valence-corrected chi connectivity index (χ0v) is 23.4. The second-order valence-electron chi connectivity index (χ2n) is 6.04. The average Bonchev–Trinajstić information content (AvgIpc) is 3.01. The van der Waals surface area contributed by atoms with Crippen molar-refractivity contribution in [2.75, 3.05) is 49.2 Å². The fraction of sp³-hybridized carbons (Fsp3) is 0.471. The van der Waals surface area contributed by atoms with Gasteiger partial charge in [-0.25, -0.2) is 9.18 Å². The third kappa shape index (κ3) is 9.77. The summed E-state index contributed by atoms with van der Waals surface area (Å²) in [6, 6.07) is 4.72. The summed E-state index contributed by atoms with van der Waals surface area (Å²) >= 11 is 0. The van der Waals surface area contributed by atoms with Crippen LogP contribution >= 0.6 is 0 Å². The van der Waals surface area contributed by atoms with Crippen LogP contribution in [0.15, 0.2) is 18.2 Å². The number of carbonyl (C=O) groups is 3. The number of rotatable bonds is 4. The maximum absolute atomic E-state index is 14.4. The summed E-state index contributed by atoms with van der Waals surface area (Å²) in [5.74, 6) is -0.571. The van der Waals surface area contributed by atoms with Gasteiger partial charge >= 0.3 is 109 Å². The van der Waals surface area contributed by atoms with Gasteiger partial charge in [0.15, 0.2) is 0 Å². The number of morpholine rings is 1. The van der Waals surface area contributed by atoms with Gasteiger partial charge in [-0.2, -0.15) is 0 Å². The zero-order valence-electron chi connectivity index (χ0n) is 17.2. The van der Waals surface area contributed by atoms with E-state index in [-0.39, 0.29) is 128 Å². The van der Waals surface area contributed by atoms with Crippen LogP contribution < -0.4 is 128 Å². The van der Waals surface area contributed by atoms with Crippen LogP contribution in [0, 0.1) is 5.82 Å². The molecule has 2 aliphatic heterocycles. The van der Waals surface area contributed by atoms with Gasteiger partial charge in [0.2, 0.25) is 5.91 Å². The maximum Gasteiger partial charge on any atom is 1.00 e. The number of carboxylic acid groups (broad SMARTS) is 2. The fourth-order valence-corrected chi connectivity index (χ4v) is 2.82. The molecule has 30 heavy (non-hydrogen) atoms. The van der Waals surface area contributed by atoms with E-state index in [4.69, 9.17) is 24.5 Å². The Balaban J connectivity index is 0.00000129. The SMILES string of the molecule is CC(=O)NC[C@H]1CN(c2ccc(N3CCOCC3)c(F)c2)C(=O)O1.O=C([O-])[O-].[K+].[K+]. The fourth-order valence-electron chi connectivity index (χ4n) is 2.82. The van der Waals surface area contributed by atoms with E-state index in [1.807, 2.05) is 4.90 Å². The molecule has 2 saturated heterocycles. The normalized spacial score (nSPS) is 17.5. The van der Waals surface area contributed by atoms with Crippen molar-refractivity contribution in [3.05, 3.63) is 24.0 Å². The number of ether oxygens (including phenoxy) is 2. The molecule has 0 radical (unpaired) electrons. The predicted octanol–water partition coefficient (Wildman–Crippen LogP) is -7.32. The molecule has 0 bridgehead atoms. The Labute approximate surface area is 258 Å². The van der Waals surface area contributed by atoms with Crippen molar-refractivity contribution in [1.29, 1.82) is 0 Å². The summed E-state index contributed by atoms with van der Waals surface area (Å²) in [4.78, 5) is 34.5. The first-order valence-electron chi connectivity index (χ1n) is 8.50. The number of hydrogen-bond donors (Lipinski definition) is 1. The van der Waals surface area contributed by atoms with Crippen LogP contribution in [-0.4, -0.2) is 63.7 Å². The minimum atomic E-state index is -2.33. The largest absolute Gasteiger partial charge is 1.00 e. The summed E-state index contributed by atoms with van der Waals surface area (Å²) in [5.41, 5.74) is 0.948. The first-order valence-corrected chi connectivity index (χ1v) is 8.50. The number of nitrogens with zero attached hydrogens (tertiary/aromatic N) is 2. The van der Waals surface area contributed by atoms with Crippen molar-refractivity contribution in [3.63, 3.8) is 0 Å². The summed E-state index contributed by atoms with van der Waals surface area (Å²) in [6.07, 6.45) is -3.31. The average molecular weight is 476 g/mol. The Morgan fingerprint density at radius 2 is 1.83 bits per heavy atom. The molecule has 0 aliphatic carbocycles. The number of amides is 2. The van der Waals surface area contributed by atoms with Crippen molar-refractivity contribution < 1.29 is 141 Å². The zero-order chi connectivity index (χ0) is 20.7. The molecule has 2 fully saturated rings. The second kappa shape index (κ2) is 15.1. The van der Waals surface area contributed by atoms with E-state index < -0.39 is 18.4 Å². The molecule has 10 nitrogen and oxygen atoms in total. The molecule has 2 amide bonds. The Hall–Kier alpha value is 0.193. The van der Waals surface area contributed by atoms with E-state index >= 15 is 0 Å². The van der Waals surface area contributed by atoms with E-state index in [1.54, 1.807) is 12.1 Å². The van der Waals surface area contributed by atoms with Gasteiger partial charge in [0.05, 0.1) is 37.7 Å². The third-order valence-corrected chi connectivity index (χ3v) is 4.05. The number of anilines is 2. The van der Waals surface area contributed by atoms with Gasteiger partial charge in [-0.15, -0.1) is 0 Å². The summed E-state index contributed by atoms with van der Waals surface area (Å²) < 4.78 is 24.9. The molecule has 1 atom stereocenters. The number of cyclic esters (lactones) is 1. The molecule has 0 saturated carbocycles. The van der Waals surface area contributed by atoms with Gasteiger partial charge in [-0.05, 0) is 24.4 Å². The summed E-state index contributed by atoms with van der Waals surface area (Å²) in [5, 5.41) is 19.3. The van der Waals surface area contributed by atoms with E-state index in [9.17, 15) is 14.0 Å². The van der Waals surface area contributed by atoms with Crippen LogP contribution in [0.5, 0.6) is 0 Å². The van der Waals surface area contributed by atoms with Gasteiger partial charge in [0.25, 0.3) is 0 Å². The number of carbonyl (C=O) groups excluding carboxylic acids is 3. The smallest absolute Gasteiger partial charge is 0.652 e. The molecule has 0 unspecified atom stereocenters. The minimum Gasteiger partial charge on any atom is -0.652 e. The van der Waals surface area contributed by atoms with Crippen molar-refractivity contribution in [2.45, 2.75) is 13.0 Å². The van der Waals surface area contributed by atoms with E-state index in [2.05, 4.69) is 5.32 Å². The van der Waals surface area contributed by atoms with Crippen LogP contribution in [0.3, 0.4) is 0 Å². The minimum absolute atomic E-state index is 0. The topological polar surface area (TPSA) is 134 Å². The number of halogens is 1. The van der Waals surface area contributed by atoms with Crippen molar-refractivity contribution in [3.8, 4) is 0 Å². The molecule has 1 N–H and O–H groups in total. The van der Waals surface area contributed by atoms with Crippen molar-refractivity contribution in [2.24, 2.45) is 0 Å². The van der Waals surface area contributed by atoms with Crippen LogP contribution in [0.1, 0.15) is 6.92 Å². The summed E-state index contributed by atoms with van der Waals surface area (Å²) in [6.45, 7) is 4.34. The van der Waals surface area contributed by atoms with E-state index in [1.165, 1.54) is 17.9 Å². The molecule has 154 valence electrons. The number of benzene rings is 1. The number of hydrogen-bond acceptors (Lipinski definition) is 8. The van der Waals surface area contributed by atoms with Crippen LogP contribution in [0.2, 0.25) is 0 Å². The Morgan fingerprint density at radius 1 is 1.23 bits per heavy atom. The van der Waals surface area contributed by atoms with E-state index in [0.29, 0.717) is 37.7 Å². The standard InChI is InChI=1S/C16H20FN3O4.CH2O3.2K/c1-11(21)18-9-13-10-20(16(22)24-13)12-2-3-15(14(17)8-12)19-4-6-23-7-5-19;2-1(3)4;;/h2-3,8,13H,4-7,9-10H2,1H3,(H,18,21);(H2,2,3,4);;/q;;2*+1/p-2/t13-;;;/m0.../s1. The molecule has 1 aromatic carbocycles. The molecule has 13 heteroatoms. The Morgan fingerprint density at radius 3 is 2.37 bits per heavy atom. The van der Waals surface area contributed by atoms with Crippen LogP contribution in [0.25, 0.3) is 0 Å². The van der Waals surface area contributed by atoms with Crippen LogP contribution in [0.4, 0.5) is 25.4 Å². The molecule has 1 aromatic rings. The Bertz CT molecular complexity index is 731. The first kappa shape index (κ1) is 30.2. The van der Waals surface area contributed by atoms with E-state index in [0.717, 1.165) is 0 Å². The summed E-state index contributed by atoms with van der Waals surface area (Å²) in [7, 11) is 0. The molecule has 0 spiro atoms. The molecule has 0 aromatic heterocycles. The quantitative estimate of drug-likeness (QED) is 0.425. The molecular weight excluding hydrogens is 455 g/mol. The Kier molecular flexibility index (Phi) is 15.2. The van der Waals surface area contributed by atoms with Gasteiger partial charge in [-0.1, -0.05) is 0 Å². The molecule has 2 aliphatic rings.